The molecule has 0 aliphatic carbocycles. The lowest BCUT2D eigenvalue weighted by Gasteiger charge is -2.12. The summed E-state index contributed by atoms with van der Waals surface area (Å²) in [6.45, 7) is 3.30. The molecular weight excluding hydrogens is 348 g/mol. The third-order valence-electron chi connectivity index (χ3n) is 3.70. The molecule has 7 heteroatoms. The number of rotatable bonds is 5. The minimum atomic E-state index is -0.161. The zero-order valence-electron chi connectivity index (χ0n) is 14.4. The fourth-order valence-corrected chi connectivity index (χ4v) is 3.25. The van der Waals surface area contributed by atoms with Gasteiger partial charge in [-0.2, -0.15) is 0 Å². The van der Waals surface area contributed by atoms with Crippen LogP contribution in [0.2, 0.25) is 0 Å². The second kappa shape index (κ2) is 7.88. The molecule has 2 N–H and O–H groups in total. The van der Waals surface area contributed by atoms with Crippen LogP contribution < -0.4 is 10.6 Å². The Hall–Kier alpha value is -3.06. The smallest absolute Gasteiger partial charge is 0.230 e. The highest BCUT2D eigenvalue weighted by Crippen LogP contribution is 2.24. The van der Waals surface area contributed by atoms with E-state index >= 15 is 0 Å². The van der Waals surface area contributed by atoms with E-state index in [1.54, 1.807) is 24.4 Å². The molecule has 0 fully saturated rings. The Kier molecular flexibility index (Phi) is 5.38. The number of benzene rings is 1. The van der Waals surface area contributed by atoms with Gasteiger partial charge in [-0.05, 0) is 36.8 Å². The number of carbonyl (C=O) groups excluding carboxylic acids is 2. The van der Waals surface area contributed by atoms with Crippen LogP contribution in [0.15, 0.2) is 48.0 Å². The van der Waals surface area contributed by atoms with Crippen molar-refractivity contribution >= 4 is 34.5 Å². The van der Waals surface area contributed by atoms with E-state index in [4.69, 9.17) is 0 Å². The molecule has 0 unspecified atom stereocenters. The van der Waals surface area contributed by atoms with Crippen molar-refractivity contribution in [3.05, 3.63) is 59.2 Å². The van der Waals surface area contributed by atoms with E-state index < -0.39 is 0 Å². The molecule has 0 saturated carbocycles. The molecule has 2 amide bonds. The summed E-state index contributed by atoms with van der Waals surface area (Å²) in [5.41, 5.74) is 3.65. The Morgan fingerprint density at radius 3 is 2.54 bits per heavy atom. The van der Waals surface area contributed by atoms with Crippen LogP contribution in [0.3, 0.4) is 0 Å². The van der Waals surface area contributed by atoms with Crippen LogP contribution in [0.1, 0.15) is 18.2 Å². The molecule has 0 bridgehead atoms. The summed E-state index contributed by atoms with van der Waals surface area (Å²) < 4.78 is 0. The van der Waals surface area contributed by atoms with E-state index in [-0.39, 0.29) is 18.2 Å². The summed E-state index contributed by atoms with van der Waals surface area (Å²) in [5, 5.41) is 8.28. The second-order valence-corrected chi connectivity index (χ2v) is 6.60. The zero-order chi connectivity index (χ0) is 18.5. The summed E-state index contributed by atoms with van der Waals surface area (Å²) in [7, 11) is 0. The lowest BCUT2D eigenvalue weighted by Crippen LogP contribution is -2.16. The Balaban J connectivity index is 1.68. The zero-order valence-corrected chi connectivity index (χ0v) is 15.3. The average Bonchev–Trinajstić information content (AvgIpc) is 3.07. The lowest BCUT2D eigenvalue weighted by atomic mass is 10.1. The van der Waals surface area contributed by atoms with Gasteiger partial charge >= 0.3 is 0 Å². The maximum Gasteiger partial charge on any atom is 0.230 e. The van der Waals surface area contributed by atoms with Crippen molar-refractivity contribution in [2.45, 2.75) is 20.3 Å². The van der Waals surface area contributed by atoms with E-state index in [9.17, 15) is 9.59 Å². The molecule has 0 aliphatic heterocycles. The number of carbonyl (C=O) groups is 2. The number of thiazole rings is 1. The van der Waals surface area contributed by atoms with Crippen LogP contribution in [0.5, 0.6) is 0 Å². The number of hydrogen-bond donors (Lipinski definition) is 2. The van der Waals surface area contributed by atoms with Crippen molar-refractivity contribution in [1.82, 2.24) is 9.97 Å². The molecular formula is C19H18N4O2S. The van der Waals surface area contributed by atoms with Crippen molar-refractivity contribution in [2.75, 3.05) is 10.6 Å². The normalized spacial score (nSPS) is 10.4. The van der Waals surface area contributed by atoms with Gasteiger partial charge in [0.25, 0.3) is 0 Å². The number of anilines is 2. The van der Waals surface area contributed by atoms with Crippen LogP contribution in [0.4, 0.5) is 11.4 Å². The van der Waals surface area contributed by atoms with Crippen LogP contribution in [-0.4, -0.2) is 21.8 Å². The summed E-state index contributed by atoms with van der Waals surface area (Å²) >= 11 is 1.46. The molecule has 132 valence electrons. The van der Waals surface area contributed by atoms with E-state index in [0.717, 1.165) is 16.3 Å². The molecule has 0 spiro atoms. The Bertz CT molecular complexity index is 938. The van der Waals surface area contributed by atoms with Crippen LogP contribution >= 0.6 is 11.3 Å². The molecule has 0 aliphatic rings. The Morgan fingerprint density at radius 2 is 1.85 bits per heavy atom. The summed E-state index contributed by atoms with van der Waals surface area (Å²) in [4.78, 5) is 32.4. The lowest BCUT2D eigenvalue weighted by molar-refractivity contribution is -0.116. The minimum Gasteiger partial charge on any atom is -0.326 e. The van der Waals surface area contributed by atoms with Crippen LogP contribution in [0.25, 0.3) is 10.7 Å². The van der Waals surface area contributed by atoms with Gasteiger partial charge in [-0.25, -0.2) is 4.98 Å². The Morgan fingerprint density at radius 1 is 1.08 bits per heavy atom. The maximum atomic E-state index is 12.4. The first-order valence-corrected chi connectivity index (χ1v) is 8.94. The molecule has 0 radical (unpaired) electrons. The number of amides is 2. The van der Waals surface area contributed by atoms with E-state index in [0.29, 0.717) is 17.1 Å². The van der Waals surface area contributed by atoms with Gasteiger partial charge in [0.2, 0.25) is 11.8 Å². The first kappa shape index (κ1) is 17.8. The highest BCUT2D eigenvalue weighted by atomic mass is 32.1. The largest absolute Gasteiger partial charge is 0.326 e. The van der Waals surface area contributed by atoms with Crippen LogP contribution in [-0.2, 0) is 16.0 Å². The van der Waals surface area contributed by atoms with E-state index in [2.05, 4.69) is 20.6 Å². The van der Waals surface area contributed by atoms with Gasteiger partial charge in [-0.15, -0.1) is 11.3 Å². The number of aromatic nitrogens is 2. The van der Waals surface area contributed by atoms with Gasteiger partial charge < -0.3 is 10.6 Å². The first-order valence-electron chi connectivity index (χ1n) is 8.06. The quantitative estimate of drug-likeness (QED) is 0.722. The third-order valence-corrected chi connectivity index (χ3v) is 4.61. The van der Waals surface area contributed by atoms with Crippen molar-refractivity contribution < 1.29 is 9.59 Å². The van der Waals surface area contributed by atoms with Gasteiger partial charge in [-0.1, -0.05) is 12.1 Å². The summed E-state index contributed by atoms with van der Waals surface area (Å²) in [5.74, 6) is -0.313. The van der Waals surface area contributed by atoms with Gasteiger partial charge in [0.1, 0.15) is 5.01 Å². The monoisotopic (exact) mass is 366 g/mol. The molecule has 6 nitrogen and oxygen atoms in total. The standard InChI is InChI=1S/C19H18N4O2S/c1-12-15(21-13(2)24)7-5-8-16(12)23-18(25)10-14-11-26-19(22-14)17-6-3-4-9-20-17/h3-9,11H,10H2,1-2H3,(H,21,24)(H,23,25). The molecule has 3 rings (SSSR count). The van der Waals surface area contributed by atoms with Gasteiger partial charge in [0.15, 0.2) is 0 Å². The molecule has 2 heterocycles. The molecule has 0 atom stereocenters. The van der Waals surface area contributed by atoms with Gasteiger partial charge in [0.05, 0.1) is 17.8 Å². The number of hydrogen-bond acceptors (Lipinski definition) is 5. The van der Waals surface area contributed by atoms with Crippen molar-refractivity contribution in [2.24, 2.45) is 0 Å². The SMILES string of the molecule is CC(=O)Nc1cccc(NC(=O)Cc2csc(-c3ccccn3)n2)c1C. The first-order chi connectivity index (χ1) is 12.5. The highest BCUT2D eigenvalue weighted by molar-refractivity contribution is 7.13. The molecule has 3 aromatic rings. The van der Waals surface area contributed by atoms with Crippen molar-refractivity contribution in [3.8, 4) is 10.7 Å². The van der Waals surface area contributed by atoms with Crippen LogP contribution in [0, 0.1) is 6.92 Å². The predicted octanol–water partition coefficient (Wildman–Crippen LogP) is 3.65. The maximum absolute atomic E-state index is 12.4. The minimum absolute atomic E-state index is 0.152. The van der Waals surface area contributed by atoms with E-state index in [1.165, 1.54) is 18.3 Å². The predicted molar refractivity (Wildman–Crippen MR) is 103 cm³/mol. The third kappa shape index (κ3) is 4.31. The molecule has 2 aromatic heterocycles. The average molecular weight is 366 g/mol. The van der Waals surface area contributed by atoms with Gasteiger partial charge in [0, 0.05) is 29.9 Å². The molecule has 1 aromatic carbocycles. The summed E-state index contributed by atoms with van der Waals surface area (Å²) in [6, 6.07) is 11.0. The number of nitrogens with one attached hydrogen (secondary N) is 2. The second-order valence-electron chi connectivity index (χ2n) is 5.74. The Labute approximate surface area is 155 Å². The number of nitrogens with zero attached hydrogens (tertiary/aromatic N) is 2. The van der Waals surface area contributed by atoms with Crippen molar-refractivity contribution in [3.63, 3.8) is 0 Å². The van der Waals surface area contributed by atoms with Crippen molar-refractivity contribution in [1.29, 1.82) is 0 Å². The fourth-order valence-electron chi connectivity index (χ4n) is 2.45. The highest BCUT2D eigenvalue weighted by Gasteiger charge is 2.12. The van der Waals surface area contributed by atoms with E-state index in [1.807, 2.05) is 30.5 Å². The van der Waals surface area contributed by atoms with Gasteiger partial charge in [-0.3, -0.25) is 14.6 Å². The topological polar surface area (TPSA) is 84.0 Å². The summed E-state index contributed by atoms with van der Waals surface area (Å²) in [6.07, 6.45) is 1.89. The molecule has 26 heavy (non-hydrogen) atoms. The molecule has 0 saturated heterocycles. The number of pyridine rings is 1. The fraction of sp³-hybridized carbons (Fsp3) is 0.158.